The lowest BCUT2D eigenvalue weighted by molar-refractivity contribution is -0.145. The summed E-state index contributed by atoms with van der Waals surface area (Å²) in [4.78, 5) is 0. The van der Waals surface area contributed by atoms with E-state index < -0.39 is 5.79 Å². The molecule has 1 saturated heterocycles. The van der Waals surface area contributed by atoms with Gasteiger partial charge in [-0.25, -0.2) is 0 Å². The van der Waals surface area contributed by atoms with Crippen molar-refractivity contribution in [1.29, 1.82) is 0 Å². The average molecular weight is 332 g/mol. The zero-order chi connectivity index (χ0) is 16.6. The van der Waals surface area contributed by atoms with E-state index in [1.54, 1.807) is 5.57 Å². The van der Waals surface area contributed by atoms with Crippen molar-refractivity contribution < 1.29 is 14.6 Å². The zero-order valence-corrected chi connectivity index (χ0v) is 15.2. The molecule has 5 rings (SSSR count). The van der Waals surface area contributed by atoms with Gasteiger partial charge in [-0.15, -0.1) is 0 Å². The van der Waals surface area contributed by atoms with Crippen molar-refractivity contribution in [2.75, 3.05) is 13.2 Å². The molecule has 0 radical (unpaired) electrons. The second kappa shape index (κ2) is 5.08. The number of hydrogen-bond donors (Lipinski definition) is 1. The number of hydrogen-bond acceptors (Lipinski definition) is 3. The van der Waals surface area contributed by atoms with Crippen LogP contribution in [0.25, 0.3) is 0 Å². The molecule has 3 nitrogen and oxygen atoms in total. The number of rotatable bonds is 0. The van der Waals surface area contributed by atoms with Crippen LogP contribution in [0.15, 0.2) is 11.6 Å². The van der Waals surface area contributed by atoms with Crippen LogP contribution < -0.4 is 0 Å². The van der Waals surface area contributed by atoms with Crippen LogP contribution in [0.3, 0.4) is 0 Å². The Bertz CT molecular complexity index is 563. The van der Waals surface area contributed by atoms with E-state index in [1.165, 1.54) is 38.5 Å². The Morgan fingerprint density at radius 2 is 1.75 bits per heavy atom. The second-order valence-corrected chi connectivity index (χ2v) is 9.65. The van der Waals surface area contributed by atoms with Gasteiger partial charge < -0.3 is 14.6 Å². The predicted octanol–water partition coefficient (Wildman–Crippen LogP) is 4.05. The van der Waals surface area contributed by atoms with E-state index in [0.717, 1.165) is 43.8 Å². The van der Waals surface area contributed by atoms with E-state index in [1.807, 2.05) is 0 Å². The van der Waals surface area contributed by atoms with Crippen molar-refractivity contribution in [3.8, 4) is 0 Å². The van der Waals surface area contributed by atoms with E-state index in [0.29, 0.717) is 5.41 Å². The lowest BCUT2D eigenvalue weighted by Crippen LogP contribution is -2.52. The molecule has 4 fully saturated rings. The lowest BCUT2D eigenvalue weighted by atomic mass is 9.47. The standard InChI is InChI=1S/C21H32O3/c1-19-9-10-21(23-11-12-24-21)13-14(19)3-4-15-16-5-6-18(22)20(16,2)8-7-17(15)19/h13,15-18,22H,3-12H2,1-2H3/t15?,16?,17?,18-,19-,20-/m1/s1. The Balaban J connectivity index is 1.47. The van der Waals surface area contributed by atoms with Crippen LogP contribution in [-0.4, -0.2) is 30.2 Å². The monoisotopic (exact) mass is 332 g/mol. The van der Waals surface area contributed by atoms with Crippen molar-refractivity contribution in [3.05, 3.63) is 11.6 Å². The van der Waals surface area contributed by atoms with Crippen molar-refractivity contribution in [2.24, 2.45) is 28.6 Å². The van der Waals surface area contributed by atoms with Gasteiger partial charge in [-0.3, -0.25) is 0 Å². The van der Waals surface area contributed by atoms with Crippen LogP contribution in [0.5, 0.6) is 0 Å². The van der Waals surface area contributed by atoms with Crippen LogP contribution in [0.4, 0.5) is 0 Å². The molecule has 0 aromatic carbocycles. The van der Waals surface area contributed by atoms with E-state index >= 15 is 0 Å². The summed E-state index contributed by atoms with van der Waals surface area (Å²) in [7, 11) is 0. The van der Waals surface area contributed by atoms with Gasteiger partial charge in [-0.05, 0) is 79.6 Å². The summed E-state index contributed by atoms with van der Waals surface area (Å²) in [5.74, 6) is 1.94. The third kappa shape index (κ3) is 1.95. The van der Waals surface area contributed by atoms with Crippen LogP contribution in [0, 0.1) is 28.6 Å². The number of aliphatic hydroxyl groups is 1. The summed E-state index contributed by atoms with van der Waals surface area (Å²) in [5.41, 5.74) is 2.13. The first kappa shape index (κ1) is 15.8. The molecule has 3 heteroatoms. The van der Waals surface area contributed by atoms with Crippen molar-refractivity contribution >= 4 is 0 Å². The lowest BCUT2D eigenvalue weighted by Gasteiger charge is -2.58. The Hall–Kier alpha value is -0.380. The smallest absolute Gasteiger partial charge is 0.188 e. The summed E-state index contributed by atoms with van der Waals surface area (Å²) in [6, 6.07) is 0. The van der Waals surface area contributed by atoms with Gasteiger partial charge in [0.2, 0.25) is 0 Å². The Morgan fingerprint density at radius 3 is 2.54 bits per heavy atom. The van der Waals surface area contributed by atoms with Crippen LogP contribution in [0.1, 0.15) is 65.2 Å². The maximum absolute atomic E-state index is 10.6. The van der Waals surface area contributed by atoms with Gasteiger partial charge in [-0.2, -0.15) is 0 Å². The number of ether oxygens (including phenoxy) is 2. The molecule has 6 atom stereocenters. The van der Waals surface area contributed by atoms with Crippen LogP contribution in [-0.2, 0) is 9.47 Å². The molecule has 134 valence electrons. The molecule has 0 aromatic rings. The molecule has 0 bridgehead atoms. The molecule has 0 aromatic heterocycles. The third-order valence-electron chi connectivity index (χ3n) is 8.85. The van der Waals surface area contributed by atoms with Gasteiger partial charge in [0.05, 0.1) is 19.3 Å². The fourth-order valence-corrected chi connectivity index (χ4v) is 7.35. The molecule has 1 spiro atoms. The molecule has 1 N–H and O–H groups in total. The summed E-state index contributed by atoms with van der Waals surface area (Å²) in [5, 5.41) is 10.6. The first-order chi connectivity index (χ1) is 11.5. The summed E-state index contributed by atoms with van der Waals surface area (Å²) >= 11 is 0. The topological polar surface area (TPSA) is 38.7 Å². The SMILES string of the molecule is C[C@@]12CCC3(C=C1CCC1C2CC[C@]2(C)C1CC[C@H]2O)OCCO3. The Kier molecular flexibility index (Phi) is 3.35. The fraction of sp³-hybridized carbons (Fsp3) is 0.905. The molecular weight excluding hydrogens is 300 g/mol. The highest BCUT2D eigenvalue weighted by molar-refractivity contribution is 5.27. The highest BCUT2D eigenvalue weighted by Gasteiger charge is 2.59. The fourth-order valence-electron chi connectivity index (χ4n) is 7.35. The average Bonchev–Trinajstić information content (AvgIpc) is 3.14. The van der Waals surface area contributed by atoms with Crippen LogP contribution in [0.2, 0.25) is 0 Å². The molecule has 24 heavy (non-hydrogen) atoms. The van der Waals surface area contributed by atoms with Gasteiger partial charge in [0.15, 0.2) is 5.79 Å². The molecular formula is C21H32O3. The highest BCUT2D eigenvalue weighted by Crippen LogP contribution is 2.66. The minimum absolute atomic E-state index is 0.0666. The van der Waals surface area contributed by atoms with Crippen molar-refractivity contribution in [3.63, 3.8) is 0 Å². The zero-order valence-electron chi connectivity index (χ0n) is 15.2. The third-order valence-corrected chi connectivity index (χ3v) is 8.85. The largest absolute Gasteiger partial charge is 0.393 e. The number of aliphatic hydroxyl groups excluding tert-OH is 1. The minimum Gasteiger partial charge on any atom is -0.393 e. The first-order valence-electron chi connectivity index (χ1n) is 10.2. The van der Waals surface area contributed by atoms with E-state index in [2.05, 4.69) is 19.9 Å². The number of fused-ring (bicyclic) bond motifs is 5. The van der Waals surface area contributed by atoms with Crippen molar-refractivity contribution in [1.82, 2.24) is 0 Å². The maximum atomic E-state index is 10.6. The summed E-state index contributed by atoms with van der Waals surface area (Å²) in [6.45, 7) is 6.37. The first-order valence-corrected chi connectivity index (χ1v) is 10.2. The molecule has 5 aliphatic rings. The molecule has 1 heterocycles. The normalized spacial score (nSPS) is 52.5. The molecule has 3 saturated carbocycles. The molecule has 4 aliphatic carbocycles. The van der Waals surface area contributed by atoms with Gasteiger partial charge in [0, 0.05) is 6.42 Å². The van der Waals surface area contributed by atoms with Gasteiger partial charge in [0.25, 0.3) is 0 Å². The minimum atomic E-state index is -0.394. The number of allylic oxidation sites excluding steroid dienone is 1. The van der Waals surface area contributed by atoms with Crippen LogP contribution >= 0.6 is 0 Å². The van der Waals surface area contributed by atoms with Gasteiger partial charge in [0.1, 0.15) is 0 Å². The van der Waals surface area contributed by atoms with E-state index in [4.69, 9.17) is 9.47 Å². The summed E-state index contributed by atoms with van der Waals surface area (Å²) < 4.78 is 12.0. The Morgan fingerprint density at radius 1 is 0.958 bits per heavy atom. The summed E-state index contributed by atoms with van der Waals surface area (Å²) in [6.07, 6.45) is 11.8. The maximum Gasteiger partial charge on any atom is 0.188 e. The quantitative estimate of drug-likeness (QED) is 0.680. The predicted molar refractivity (Wildman–Crippen MR) is 92.3 cm³/mol. The van der Waals surface area contributed by atoms with Crippen molar-refractivity contribution in [2.45, 2.75) is 77.1 Å². The van der Waals surface area contributed by atoms with Gasteiger partial charge >= 0.3 is 0 Å². The molecule has 1 aliphatic heterocycles. The Labute approximate surface area is 145 Å². The second-order valence-electron chi connectivity index (χ2n) is 9.65. The van der Waals surface area contributed by atoms with E-state index in [-0.39, 0.29) is 11.5 Å². The highest BCUT2D eigenvalue weighted by atomic mass is 16.7. The van der Waals surface area contributed by atoms with Gasteiger partial charge in [-0.1, -0.05) is 19.4 Å². The molecule has 0 amide bonds. The van der Waals surface area contributed by atoms with E-state index in [9.17, 15) is 5.11 Å². The molecule has 3 unspecified atom stereocenters.